The Morgan fingerprint density at radius 3 is 3.00 bits per heavy atom. The second kappa shape index (κ2) is 4.22. The zero-order valence-electron chi connectivity index (χ0n) is 8.90. The maximum atomic E-state index is 11.5. The first-order valence-electron chi connectivity index (χ1n) is 4.96. The van der Waals surface area contributed by atoms with E-state index in [1.807, 2.05) is 12.1 Å². The number of carbonyl (C=O) groups excluding carboxylic acids is 2. The molecule has 2 rings (SSSR count). The number of hydrogen-bond donors (Lipinski definition) is 1. The fraction of sp³-hybridized carbons (Fsp3) is 0.273. The van der Waals surface area contributed by atoms with Crippen molar-refractivity contribution in [1.29, 1.82) is 0 Å². The van der Waals surface area contributed by atoms with E-state index >= 15 is 0 Å². The molecule has 84 valence electrons. The zero-order valence-corrected chi connectivity index (χ0v) is 8.90. The Hall–Kier alpha value is -2.04. The van der Waals surface area contributed by atoms with E-state index in [4.69, 9.17) is 4.74 Å². The summed E-state index contributed by atoms with van der Waals surface area (Å²) in [6, 6.07) is 7.29. The van der Waals surface area contributed by atoms with Crippen molar-refractivity contribution in [3.05, 3.63) is 29.8 Å². The van der Waals surface area contributed by atoms with Crippen LogP contribution in [0.4, 0.5) is 4.79 Å². The summed E-state index contributed by atoms with van der Waals surface area (Å²) in [6.45, 7) is 0.423. The van der Waals surface area contributed by atoms with Crippen LogP contribution in [-0.4, -0.2) is 30.5 Å². The van der Waals surface area contributed by atoms with Crippen molar-refractivity contribution in [3.63, 3.8) is 0 Å². The van der Waals surface area contributed by atoms with Gasteiger partial charge in [-0.1, -0.05) is 18.2 Å². The maximum absolute atomic E-state index is 11.5. The third-order valence-electron chi connectivity index (χ3n) is 2.40. The molecule has 0 saturated carbocycles. The number of likely N-dealkylation sites (N-methyl/N-ethyl adjacent to an activating group) is 1. The lowest BCUT2D eigenvalue weighted by atomic mass is 10.1. The molecule has 0 saturated heterocycles. The van der Waals surface area contributed by atoms with E-state index < -0.39 is 6.09 Å². The first-order valence-corrected chi connectivity index (χ1v) is 4.96. The van der Waals surface area contributed by atoms with Crippen LogP contribution < -0.4 is 10.1 Å². The Kier molecular flexibility index (Phi) is 2.76. The van der Waals surface area contributed by atoms with Crippen LogP contribution in [0.1, 0.15) is 5.56 Å². The lowest BCUT2D eigenvalue weighted by molar-refractivity contribution is -0.121. The van der Waals surface area contributed by atoms with Crippen LogP contribution in [0, 0.1) is 0 Å². The summed E-state index contributed by atoms with van der Waals surface area (Å²) in [7, 11) is 1.53. The van der Waals surface area contributed by atoms with Crippen molar-refractivity contribution < 1.29 is 14.3 Å². The number of nitrogens with one attached hydrogen (secondary N) is 1. The highest BCUT2D eigenvalue weighted by Crippen LogP contribution is 2.24. The standard InChI is InChI=1S/C11H12N2O3/c1-12-10(14)7-13-6-8-4-2-3-5-9(8)16-11(13)15/h2-5H,6-7H2,1H3,(H,12,14). The van der Waals surface area contributed by atoms with Crippen LogP contribution in [-0.2, 0) is 11.3 Å². The Balaban J connectivity index is 2.15. The number of ether oxygens (including phenoxy) is 1. The van der Waals surface area contributed by atoms with Crippen LogP contribution >= 0.6 is 0 Å². The van der Waals surface area contributed by atoms with Gasteiger partial charge in [0.15, 0.2) is 0 Å². The van der Waals surface area contributed by atoms with E-state index in [1.54, 1.807) is 12.1 Å². The number of benzene rings is 1. The van der Waals surface area contributed by atoms with Crippen LogP contribution in [0.15, 0.2) is 24.3 Å². The number of para-hydroxylation sites is 1. The fourth-order valence-corrected chi connectivity index (χ4v) is 1.54. The van der Waals surface area contributed by atoms with Crippen molar-refractivity contribution in [2.75, 3.05) is 13.6 Å². The summed E-state index contributed by atoms with van der Waals surface area (Å²) in [6.07, 6.45) is -0.484. The van der Waals surface area contributed by atoms with E-state index in [2.05, 4.69) is 5.32 Å². The molecule has 0 atom stereocenters. The molecule has 0 aromatic heterocycles. The molecule has 0 spiro atoms. The van der Waals surface area contributed by atoms with Crippen molar-refractivity contribution >= 4 is 12.0 Å². The summed E-state index contributed by atoms with van der Waals surface area (Å²) in [5.41, 5.74) is 0.908. The average molecular weight is 220 g/mol. The minimum Gasteiger partial charge on any atom is -0.410 e. The van der Waals surface area contributed by atoms with E-state index in [1.165, 1.54) is 11.9 Å². The number of nitrogens with zero attached hydrogens (tertiary/aromatic N) is 1. The van der Waals surface area contributed by atoms with Gasteiger partial charge in [0.05, 0.1) is 6.54 Å². The molecule has 0 aliphatic carbocycles. The van der Waals surface area contributed by atoms with Gasteiger partial charge >= 0.3 is 6.09 Å². The Bertz CT molecular complexity index is 431. The molecule has 2 amide bonds. The van der Waals surface area contributed by atoms with Crippen molar-refractivity contribution in [3.8, 4) is 5.75 Å². The largest absolute Gasteiger partial charge is 0.416 e. The zero-order chi connectivity index (χ0) is 11.5. The number of carbonyl (C=O) groups is 2. The Morgan fingerprint density at radius 1 is 1.50 bits per heavy atom. The van der Waals surface area contributed by atoms with Crippen molar-refractivity contribution in [2.45, 2.75) is 6.54 Å². The van der Waals surface area contributed by atoms with E-state index in [0.717, 1.165) is 5.56 Å². The van der Waals surface area contributed by atoms with Gasteiger partial charge in [0, 0.05) is 12.6 Å². The molecule has 0 fully saturated rings. The van der Waals surface area contributed by atoms with Gasteiger partial charge < -0.3 is 10.1 Å². The molecule has 16 heavy (non-hydrogen) atoms. The van der Waals surface area contributed by atoms with Gasteiger partial charge in [-0.3, -0.25) is 9.69 Å². The molecule has 0 radical (unpaired) electrons. The Labute approximate surface area is 93.0 Å². The minimum atomic E-state index is -0.484. The Morgan fingerprint density at radius 2 is 2.25 bits per heavy atom. The van der Waals surface area contributed by atoms with Gasteiger partial charge in [0.2, 0.25) is 5.91 Å². The molecule has 1 aliphatic heterocycles. The second-order valence-electron chi connectivity index (χ2n) is 3.50. The average Bonchev–Trinajstić information content (AvgIpc) is 2.30. The summed E-state index contributed by atoms with van der Waals surface area (Å²) in [4.78, 5) is 24.1. The highest BCUT2D eigenvalue weighted by molar-refractivity contribution is 5.83. The summed E-state index contributed by atoms with van der Waals surface area (Å²) < 4.78 is 5.10. The molecule has 1 heterocycles. The normalized spacial score (nSPS) is 14.1. The molecule has 0 bridgehead atoms. The first kappa shape index (κ1) is 10.5. The minimum absolute atomic E-state index is 0.0175. The number of rotatable bonds is 2. The monoisotopic (exact) mass is 220 g/mol. The van der Waals surface area contributed by atoms with Crippen LogP contribution in [0.25, 0.3) is 0 Å². The van der Waals surface area contributed by atoms with E-state index in [-0.39, 0.29) is 12.5 Å². The molecule has 1 aromatic rings. The molecule has 0 unspecified atom stereocenters. The predicted molar refractivity (Wildman–Crippen MR) is 56.9 cm³/mol. The van der Waals surface area contributed by atoms with Gasteiger partial charge in [0.1, 0.15) is 12.3 Å². The second-order valence-corrected chi connectivity index (χ2v) is 3.50. The molecule has 1 N–H and O–H groups in total. The fourth-order valence-electron chi connectivity index (χ4n) is 1.54. The number of amides is 2. The number of hydrogen-bond acceptors (Lipinski definition) is 3. The van der Waals surface area contributed by atoms with E-state index in [9.17, 15) is 9.59 Å². The smallest absolute Gasteiger partial charge is 0.410 e. The number of fused-ring (bicyclic) bond motifs is 1. The van der Waals surface area contributed by atoms with Gasteiger partial charge in [-0.05, 0) is 6.07 Å². The van der Waals surface area contributed by atoms with Gasteiger partial charge in [-0.2, -0.15) is 0 Å². The first-order chi connectivity index (χ1) is 7.70. The molecule has 5 nitrogen and oxygen atoms in total. The lowest BCUT2D eigenvalue weighted by Gasteiger charge is -2.27. The molecular formula is C11H12N2O3. The summed E-state index contributed by atoms with van der Waals surface area (Å²) >= 11 is 0. The maximum Gasteiger partial charge on any atom is 0.416 e. The van der Waals surface area contributed by atoms with Gasteiger partial charge in [-0.15, -0.1) is 0 Å². The van der Waals surface area contributed by atoms with E-state index in [0.29, 0.717) is 12.3 Å². The van der Waals surface area contributed by atoms with Gasteiger partial charge in [0.25, 0.3) is 0 Å². The van der Waals surface area contributed by atoms with Gasteiger partial charge in [-0.25, -0.2) is 4.79 Å². The van der Waals surface area contributed by atoms with Crippen LogP contribution in [0.2, 0.25) is 0 Å². The molecule has 5 heteroatoms. The quantitative estimate of drug-likeness (QED) is 0.800. The molecular weight excluding hydrogens is 208 g/mol. The molecule has 1 aromatic carbocycles. The summed E-state index contributed by atoms with van der Waals surface area (Å²) in [5.74, 6) is 0.358. The molecule has 1 aliphatic rings. The van der Waals surface area contributed by atoms with Crippen molar-refractivity contribution in [1.82, 2.24) is 10.2 Å². The highest BCUT2D eigenvalue weighted by atomic mass is 16.6. The van der Waals surface area contributed by atoms with Crippen LogP contribution in [0.5, 0.6) is 5.75 Å². The third-order valence-corrected chi connectivity index (χ3v) is 2.40. The lowest BCUT2D eigenvalue weighted by Crippen LogP contribution is -2.42. The SMILES string of the molecule is CNC(=O)CN1Cc2ccccc2OC1=O. The third kappa shape index (κ3) is 1.98. The highest BCUT2D eigenvalue weighted by Gasteiger charge is 2.25. The summed E-state index contributed by atoms with van der Waals surface area (Å²) in [5, 5.41) is 2.47. The predicted octanol–water partition coefficient (Wildman–Crippen LogP) is 0.747. The van der Waals surface area contributed by atoms with Crippen molar-refractivity contribution in [2.24, 2.45) is 0 Å². The topological polar surface area (TPSA) is 58.6 Å². The van der Waals surface area contributed by atoms with Crippen LogP contribution in [0.3, 0.4) is 0 Å².